The highest BCUT2D eigenvalue weighted by Crippen LogP contribution is 2.28. The smallest absolute Gasteiger partial charge is 0.270 e. The first-order chi connectivity index (χ1) is 17.5. The monoisotopic (exact) mass is 474 g/mol. The Kier molecular flexibility index (Phi) is 6.16. The highest BCUT2D eigenvalue weighted by Gasteiger charge is 2.19. The van der Waals surface area contributed by atoms with Crippen LogP contribution in [0.25, 0.3) is 16.3 Å². The Balaban J connectivity index is 1.26. The topological polar surface area (TPSA) is 102 Å². The van der Waals surface area contributed by atoms with Crippen LogP contribution in [-0.2, 0) is 0 Å². The van der Waals surface area contributed by atoms with Crippen molar-refractivity contribution in [1.29, 1.82) is 0 Å². The molecule has 0 fully saturated rings. The van der Waals surface area contributed by atoms with Crippen LogP contribution in [0, 0.1) is 22.0 Å². The Hall–Kier alpha value is -4.96. The number of non-ortho nitro benzene ring substituents is 1. The summed E-state index contributed by atoms with van der Waals surface area (Å²) in [5, 5.41) is 12.9. The fourth-order valence-electron chi connectivity index (χ4n) is 4.23. The van der Waals surface area contributed by atoms with Gasteiger partial charge < -0.3 is 10.6 Å². The van der Waals surface area contributed by atoms with E-state index in [0.29, 0.717) is 30.0 Å². The lowest BCUT2D eigenvalue weighted by Crippen LogP contribution is -2.34. The fraction of sp³-hybridized carbons (Fsp3) is 0.103. The molecule has 0 saturated heterocycles. The molecule has 0 unspecified atom stereocenters. The molecule has 0 spiro atoms. The van der Waals surface area contributed by atoms with Gasteiger partial charge in [0.25, 0.3) is 11.6 Å². The number of hydrogen-bond acceptors (Lipinski definition) is 5. The van der Waals surface area contributed by atoms with Crippen LogP contribution in [0.4, 0.5) is 11.5 Å². The molecule has 2 heterocycles. The molecule has 0 atom stereocenters. The summed E-state index contributed by atoms with van der Waals surface area (Å²) in [7, 11) is 0. The van der Waals surface area contributed by atoms with Gasteiger partial charge in [-0.05, 0) is 65.4 Å². The van der Waals surface area contributed by atoms with E-state index in [1.807, 2.05) is 17.0 Å². The van der Waals surface area contributed by atoms with E-state index in [2.05, 4.69) is 35.0 Å². The van der Waals surface area contributed by atoms with Gasteiger partial charge in [-0.1, -0.05) is 36.1 Å². The lowest BCUT2D eigenvalue weighted by atomic mass is 9.96. The molecule has 4 aromatic rings. The Bertz CT molecular complexity index is 1580. The minimum absolute atomic E-state index is 0.00300. The number of fused-ring (bicyclic) bond motifs is 1. The van der Waals surface area contributed by atoms with Crippen LogP contribution in [0.2, 0.25) is 0 Å². The summed E-state index contributed by atoms with van der Waals surface area (Å²) in [5.74, 6) is 6.41. The van der Waals surface area contributed by atoms with E-state index in [1.165, 1.54) is 17.7 Å². The third-order valence-electron chi connectivity index (χ3n) is 6.20. The standard InChI is InChI=1S/C29H22N4O3/c30-28-27-19-25(11-10-23(27)12-15-31-28)22-13-16-32(17-14-22)29(34)24-8-6-20(7-9-24)4-5-21-2-1-3-26(18-21)33(35)36/h1-3,6-13,15,18-19H,14,16-17H2,(H2,30,31). The maximum absolute atomic E-state index is 13.0. The van der Waals surface area contributed by atoms with E-state index in [4.69, 9.17) is 5.73 Å². The minimum Gasteiger partial charge on any atom is -0.383 e. The van der Waals surface area contributed by atoms with E-state index in [9.17, 15) is 14.9 Å². The van der Waals surface area contributed by atoms with Crippen molar-refractivity contribution in [3.8, 4) is 11.8 Å². The maximum Gasteiger partial charge on any atom is 0.270 e. The maximum atomic E-state index is 13.0. The molecule has 0 saturated carbocycles. The second-order valence-electron chi connectivity index (χ2n) is 8.50. The van der Waals surface area contributed by atoms with Crippen LogP contribution in [0.1, 0.15) is 33.5 Å². The Morgan fingerprint density at radius 2 is 1.81 bits per heavy atom. The molecule has 0 bridgehead atoms. The number of nitrogens with two attached hydrogens (primary N) is 1. The van der Waals surface area contributed by atoms with E-state index < -0.39 is 4.92 Å². The summed E-state index contributed by atoms with van der Waals surface area (Å²) in [6.45, 7) is 1.16. The lowest BCUT2D eigenvalue weighted by Gasteiger charge is -2.27. The van der Waals surface area contributed by atoms with Crippen molar-refractivity contribution in [3.63, 3.8) is 0 Å². The minimum atomic E-state index is -0.445. The number of amides is 1. The van der Waals surface area contributed by atoms with Crippen molar-refractivity contribution < 1.29 is 9.72 Å². The van der Waals surface area contributed by atoms with Gasteiger partial charge in [0.2, 0.25) is 0 Å². The molecule has 1 aliphatic heterocycles. The van der Waals surface area contributed by atoms with Crippen LogP contribution in [0.3, 0.4) is 0 Å². The summed E-state index contributed by atoms with van der Waals surface area (Å²) >= 11 is 0. The van der Waals surface area contributed by atoms with Crippen molar-refractivity contribution in [1.82, 2.24) is 9.88 Å². The Labute approximate surface area is 208 Å². The number of anilines is 1. The van der Waals surface area contributed by atoms with Crippen molar-refractivity contribution in [3.05, 3.63) is 117 Å². The second-order valence-corrected chi connectivity index (χ2v) is 8.50. The molecular formula is C29H22N4O3. The number of nitrogen functional groups attached to an aromatic ring is 1. The molecule has 7 heteroatoms. The number of nitro benzene ring substituents is 1. The number of aromatic nitrogens is 1. The fourth-order valence-corrected chi connectivity index (χ4v) is 4.23. The first kappa shape index (κ1) is 22.8. The zero-order valence-electron chi connectivity index (χ0n) is 19.3. The molecule has 36 heavy (non-hydrogen) atoms. The third kappa shape index (κ3) is 4.79. The summed E-state index contributed by atoms with van der Waals surface area (Å²) in [4.78, 5) is 29.5. The van der Waals surface area contributed by atoms with Gasteiger partial charge in [0.1, 0.15) is 5.82 Å². The second kappa shape index (κ2) is 9.72. The largest absolute Gasteiger partial charge is 0.383 e. The van der Waals surface area contributed by atoms with Crippen LogP contribution in [0.15, 0.2) is 85.1 Å². The first-order valence-electron chi connectivity index (χ1n) is 11.5. The molecule has 176 valence electrons. The number of hydrogen-bond donors (Lipinski definition) is 1. The molecule has 3 aromatic carbocycles. The molecule has 0 aliphatic carbocycles. The molecule has 1 aliphatic rings. The highest BCUT2D eigenvalue weighted by atomic mass is 16.6. The van der Waals surface area contributed by atoms with Crippen molar-refractivity contribution in [2.45, 2.75) is 6.42 Å². The molecule has 2 N–H and O–H groups in total. The lowest BCUT2D eigenvalue weighted by molar-refractivity contribution is -0.384. The number of nitrogens with zero attached hydrogens (tertiary/aromatic N) is 3. The Morgan fingerprint density at radius 3 is 2.56 bits per heavy atom. The average molecular weight is 475 g/mol. The first-order valence-corrected chi connectivity index (χ1v) is 11.5. The van der Waals surface area contributed by atoms with Crippen molar-refractivity contribution in [2.24, 2.45) is 0 Å². The number of carbonyl (C=O) groups excluding carboxylic acids is 1. The molecule has 1 aromatic heterocycles. The van der Waals surface area contributed by atoms with Crippen LogP contribution < -0.4 is 5.73 Å². The molecule has 5 rings (SSSR count). The Morgan fingerprint density at radius 1 is 1.00 bits per heavy atom. The van der Waals surface area contributed by atoms with Gasteiger partial charge in [0.05, 0.1) is 4.92 Å². The van der Waals surface area contributed by atoms with Gasteiger partial charge in [-0.2, -0.15) is 0 Å². The van der Waals surface area contributed by atoms with Gasteiger partial charge in [-0.3, -0.25) is 14.9 Å². The van der Waals surface area contributed by atoms with Crippen molar-refractivity contribution >= 4 is 33.8 Å². The number of pyridine rings is 1. The highest BCUT2D eigenvalue weighted by molar-refractivity contribution is 5.96. The van der Waals surface area contributed by atoms with Crippen molar-refractivity contribution in [2.75, 3.05) is 18.8 Å². The third-order valence-corrected chi connectivity index (χ3v) is 6.20. The van der Waals surface area contributed by atoms with Gasteiger partial charge >= 0.3 is 0 Å². The number of carbonyl (C=O) groups is 1. The van der Waals surface area contributed by atoms with Gasteiger partial charge in [-0.15, -0.1) is 0 Å². The molecular weight excluding hydrogens is 452 g/mol. The predicted octanol–water partition coefficient (Wildman–Crippen LogP) is 5.05. The SMILES string of the molecule is Nc1nccc2ccc(C3=CCN(C(=O)c4ccc(C#Cc5cccc([N+](=O)[O-])c5)cc4)CC3)cc12. The van der Waals surface area contributed by atoms with Crippen LogP contribution in [0.5, 0.6) is 0 Å². The van der Waals surface area contributed by atoms with Gasteiger partial charge in [0.15, 0.2) is 0 Å². The zero-order chi connectivity index (χ0) is 25.1. The average Bonchev–Trinajstić information content (AvgIpc) is 2.92. The molecule has 7 nitrogen and oxygen atoms in total. The quantitative estimate of drug-likeness (QED) is 0.254. The van der Waals surface area contributed by atoms with Crippen LogP contribution >= 0.6 is 0 Å². The number of rotatable bonds is 3. The number of benzene rings is 3. The normalized spacial score (nSPS) is 13.0. The van der Waals surface area contributed by atoms with E-state index in [1.54, 1.807) is 42.6 Å². The molecule has 0 radical (unpaired) electrons. The predicted molar refractivity (Wildman–Crippen MR) is 140 cm³/mol. The van der Waals surface area contributed by atoms with Gasteiger partial charge in [-0.25, -0.2) is 4.98 Å². The summed E-state index contributed by atoms with van der Waals surface area (Å²) in [5.41, 5.74) is 10.2. The van der Waals surface area contributed by atoms with E-state index >= 15 is 0 Å². The summed E-state index contributed by atoms with van der Waals surface area (Å²) in [6, 6.07) is 21.4. The molecule has 1 amide bonds. The summed E-state index contributed by atoms with van der Waals surface area (Å²) < 4.78 is 0. The zero-order valence-corrected chi connectivity index (χ0v) is 19.3. The number of nitro groups is 1. The van der Waals surface area contributed by atoms with E-state index in [-0.39, 0.29) is 11.6 Å². The van der Waals surface area contributed by atoms with Crippen LogP contribution in [-0.4, -0.2) is 33.8 Å². The summed E-state index contributed by atoms with van der Waals surface area (Å²) in [6.07, 6.45) is 4.55. The van der Waals surface area contributed by atoms with Gasteiger partial charge in [0, 0.05) is 53.5 Å². The van der Waals surface area contributed by atoms with E-state index in [0.717, 1.165) is 28.3 Å².